The van der Waals surface area contributed by atoms with Crippen molar-refractivity contribution in [2.45, 2.75) is 42.5 Å². The van der Waals surface area contributed by atoms with E-state index in [2.05, 4.69) is 44.0 Å². The summed E-state index contributed by atoms with van der Waals surface area (Å²) in [6.07, 6.45) is 7.34. The third kappa shape index (κ3) is 4.37. The molecule has 2 aromatic carbocycles. The minimum Gasteiger partial charge on any atom is -0.493 e. The van der Waals surface area contributed by atoms with Gasteiger partial charge >= 0.3 is 0 Å². The molecule has 5 atom stereocenters. The summed E-state index contributed by atoms with van der Waals surface area (Å²) in [6.45, 7) is 4.44. The van der Waals surface area contributed by atoms with E-state index in [1.54, 1.807) is 14.2 Å². The van der Waals surface area contributed by atoms with Gasteiger partial charge in [0.05, 0.1) is 25.4 Å². The third-order valence-corrected chi connectivity index (χ3v) is 10.6. The van der Waals surface area contributed by atoms with Gasteiger partial charge in [0.25, 0.3) is 0 Å². The van der Waals surface area contributed by atoms with E-state index in [1.807, 2.05) is 17.0 Å². The van der Waals surface area contributed by atoms with E-state index in [0.29, 0.717) is 17.3 Å². The first-order chi connectivity index (χ1) is 19.5. The summed E-state index contributed by atoms with van der Waals surface area (Å²) in [7, 11) is 3.22. The molecule has 210 valence electrons. The smallest absolute Gasteiger partial charge is 0.162 e. The van der Waals surface area contributed by atoms with Crippen LogP contribution in [0.4, 0.5) is 11.4 Å². The number of nitrogens with zero attached hydrogens (tertiary/aromatic N) is 5. The maximum Gasteiger partial charge on any atom is 0.162 e. The number of nitrogens with one attached hydrogen (secondary N) is 1. The van der Waals surface area contributed by atoms with Crippen molar-refractivity contribution in [1.82, 2.24) is 14.9 Å². The van der Waals surface area contributed by atoms with Gasteiger partial charge in [-0.2, -0.15) is 0 Å². The Hall–Kier alpha value is -3.08. The molecule has 0 radical (unpaired) electrons. The summed E-state index contributed by atoms with van der Waals surface area (Å²) in [5.74, 6) is 3.57. The number of benzene rings is 2. The fourth-order valence-electron chi connectivity index (χ4n) is 7.41. The predicted octanol–water partition coefficient (Wildman–Crippen LogP) is 4.47. The molecular weight excluding hydrogens is 522 g/mol. The lowest BCUT2D eigenvalue weighted by atomic mass is 9.93. The van der Waals surface area contributed by atoms with Crippen LogP contribution in [0.3, 0.4) is 0 Å². The zero-order chi connectivity index (χ0) is 27.4. The molecular formula is C30H37N7O2S. The lowest BCUT2D eigenvalue weighted by Gasteiger charge is -2.42. The Bertz CT molecular complexity index is 1410. The molecule has 2 aliphatic heterocycles. The Kier molecular flexibility index (Phi) is 6.72. The van der Waals surface area contributed by atoms with E-state index in [-0.39, 0.29) is 5.25 Å². The molecule has 10 heteroatoms. The van der Waals surface area contributed by atoms with Crippen LogP contribution in [-0.2, 0) is 0 Å². The van der Waals surface area contributed by atoms with E-state index in [0.717, 1.165) is 66.3 Å². The van der Waals surface area contributed by atoms with E-state index in [4.69, 9.17) is 20.6 Å². The molecule has 7 rings (SSSR count). The number of rotatable bonds is 6. The molecule has 2 aliphatic carbocycles. The van der Waals surface area contributed by atoms with Crippen molar-refractivity contribution in [3.63, 3.8) is 0 Å². The minimum absolute atomic E-state index is 0.322. The number of nitrogens with two attached hydrogens (primary N) is 1. The average molecular weight is 560 g/mol. The van der Waals surface area contributed by atoms with E-state index in [9.17, 15) is 0 Å². The molecule has 1 aromatic heterocycles. The van der Waals surface area contributed by atoms with Crippen molar-refractivity contribution in [3.8, 4) is 11.5 Å². The highest BCUT2D eigenvalue weighted by Gasteiger charge is 2.43. The summed E-state index contributed by atoms with van der Waals surface area (Å²) < 4.78 is 11.0. The first kappa shape index (κ1) is 25.9. The largest absolute Gasteiger partial charge is 0.493 e. The second-order valence-corrected chi connectivity index (χ2v) is 12.7. The second-order valence-electron chi connectivity index (χ2n) is 11.4. The lowest BCUT2D eigenvalue weighted by molar-refractivity contribution is 0.135. The normalized spacial score (nSPS) is 28.6. The number of aromatic nitrogens is 2. The number of ether oxygens (including phenoxy) is 2. The van der Waals surface area contributed by atoms with Crippen molar-refractivity contribution < 1.29 is 9.47 Å². The van der Waals surface area contributed by atoms with Crippen LogP contribution in [0.5, 0.6) is 11.5 Å². The molecule has 9 nitrogen and oxygen atoms in total. The number of anilines is 2. The number of fused-ring (bicyclic) bond motifs is 3. The van der Waals surface area contributed by atoms with Crippen molar-refractivity contribution in [2.75, 3.05) is 50.2 Å². The second kappa shape index (κ2) is 10.4. The van der Waals surface area contributed by atoms with Crippen molar-refractivity contribution in [1.29, 1.82) is 5.41 Å². The molecule has 2 saturated heterocycles. The van der Waals surface area contributed by atoms with E-state index < -0.39 is 5.50 Å². The fourth-order valence-corrected chi connectivity index (χ4v) is 8.61. The van der Waals surface area contributed by atoms with Gasteiger partial charge in [-0.15, -0.1) is 11.8 Å². The zero-order valence-electron chi connectivity index (χ0n) is 23.1. The molecule has 4 fully saturated rings. The summed E-state index contributed by atoms with van der Waals surface area (Å²) in [5.41, 5.74) is 9.87. The maximum atomic E-state index is 9.10. The Morgan fingerprint density at radius 2 is 1.65 bits per heavy atom. The fraction of sp³-hybridized carbons (Fsp3) is 0.500. The highest BCUT2D eigenvalue weighted by molar-refractivity contribution is 8.01. The average Bonchev–Trinajstić information content (AvgIpc) is 3.71. The molecule has 2 saturated carbocycles. The Morgan fingerprint density at radius 3 is 2.33 bits per heavy atom. The van der Waals surface area contributed by atoms with Gasteiger partial charge in [-0.25, -0.2) is 9.97 Å². The van der Waals surface area contributed by atoms with Gasteiger partial charge in [-0.1, -0.05) is 6.42 Å². The molecule has 2 bridgehead atoms. The monoisotopic (exact) mass is 559 g/mol. The molecule has 0 amide bonds. The number of piperazine rings is 1. The minimum atomic E-state index is -0.390. The number of thioether (sulfide) groups is 1. The van der Waals surface area contributed by atoms with Crippen molar-refractivity contribution in [2.24, 2.45) is 17.6 Å². The lowest BCUT2D eigenvalue weighted by Crippen LogP contribution is -2.51. The molecule has 3 aromatic rings. The Balaban J connectivity index is 1.06. The zero-order valence-corrected chi connectivity index (χ0v) is 23.9. The topological polar surface area (TPSA) is 104 Å². The van der Waals surface area contributed by atoms with Crippen LogP contribution in [0.15, 0.2) is 42.7 Å². The van der Waals surface area contributed by atoms with Crippen LogP contribution in [0.25, 0.3) is 10.9 Å². The molecule has 4 aliphatic rings. The van der Waals surface area contributed by atoms with Gasteiger partial charge in [0.2, 0.25) is 0 Å². The molecule has 3 N–H and O–H groups in total. The first-order valence-corrected chi connectivity index (χ1v) is 15.2. The summed E-state index contributed by atoms with van der Waals surface area (Å²) >= 11 is 1.52. The molecule has 0 spiro atoms. The highest BCUT2D eigenvalue weighted by Crippen LogP contribution is 2.47. The van der Waals surface area contributed by atoms with Crippen LogP contribution in [0, 0.1) is 17.2 Å². The predicted molar refractivity (Wildman–Crippen MR) is 161 cm³/mol. The van der Waals surface area contributed by atoms with Gasteiger partial charge in [-0.3, -0.25) is 10.3 Å². The number of hydrogen-bond donors (Lipinski definition) is 2. The van der Waals surface area contributed by atoms with Crippen LogP contribution in [0.2, 0.25) is 0 Å². The van der Waals surface area contributed by atoms with Crippen molar-refractivity contribution in [3.05, 3.63) is 48.4 Å². The third-order valence-electron chi connectivity index (χ3n) is 9.43. The maximum absolute atomic E-state index is 9.10. The molecule has 3 heterocycles. The Labute approximate surface area is 239 Å². The Morgan fingerprint density at radius 1 is 0.925 bits per heavy atom. The van der Waals surface area contributed by atoms with Gasteiger partial charge in [0.15, 0.2) is 11.5 Å². The van der Waals surface area contributed by atoms with E-state index >= 15 is 0 Å². The van der Waals surface area contributed by atoms with E-state index in [1.165, 1.54) is 49.5 Å². The standard InChI is InChI=1S/C30H37N7O2S/c1-38-25-15-22-23(16-26(25)39-2)33-17-34-27(22)28-29(31)37(30(32)40-28)21-7-5-20(6-8-21)35-9-11-36(12-10-35)24-14-18-3-4-19(24)13-18/h5-8,15-19,24,28,30-31H,3-4,9-14,32H2,1-2H3. The van der Waals surface area contributed by atoms with Crippen molar-refractivity contribution >= 4 is 39.9 Å². The quantitative estimate of drug-likeness (QED) is 0.453. The number of methoxy groups -OCH3 is 2. The van der Waals surface area contributed by atoms with Gasteiger partial charge in [0.1, 0.15) is 22.9 Å². The van der Waals surface area contributed by atoms with Crippen LogP contribution in [-0.4, -0.2) is 72.6 Å². The van der Waals surface area contributed by atoms with Gasteiger partial charge in [0, 0.05) is 55.0 Å². The van der Waals surface area contributed by atoms with Gasteiger partial charge < -0.3 is 25.0 Å². The number of hydrogen-bond acceptors (Lipinski definition) is 9. The molecule has 40 heavy (non-hydrogen) atoms. The summed E-state index contributed by atoms with van der Waals surface area (Å²) in [4.78, 5) is 16.2. The van der Waals surface area contributed by atoms with Crippen LogP contribution < -0.4 is 25.0 Å². The van der Waals surface area contributed by atoms with Gasteiger partial charge in [-0.05, 0) is 61.4 Å². The SMILES string of the molecule is COc1cc2ncnc(C3SC(N)N(c4ccc(N5CCN(C6CC7CCC6C7)CC5)cc4)C3=N)c2cc1OC. The first-order valence-electron chi connectivity index (χ1n) is 14.3. The van der Waals surface area contributed by atoms with Crippen LogP contribution in [0.1, 0.15) is 36.6 Å². The summed E-state index contributed by atoms with van der Waals surface area (Å²) in [5, 5.41) is 9.61. The molecule has 5 unspecified atom stereocenters. The number of amidine groups is 1. The summed E-state index contributed by atoms with van der Waals surface area (Å²) in [6, 6.07) is 13.1. The highest BCUT2D eigenvalue weighted by atomic mass is 32.2. The van der Waals surface area contributed by atoms with Crippen LogP contribution >= 0.6 is 11.8 Å².